The molecular formula is C9H11NO4. The Hall–Kier alpha value is -1.43. The third-order valence-electron chi connectivity index (χ3n) is 1.71. The fourth-order valence-corrected chi connectivity index (χ4v) is 1.17. The molecule has 0 radical (unpaired) electrons. The summed E-state index contributed by atoms with van der Waals surface area (Å²) in [5, 5.41) is 26.2. The van der Waals surface area contributed by atoms with Gasteiger partial charge in [-0.1, -0.05) is 18.2 Å². The Morgan fingerprint density at radius 3 is 2.36 bits per heavy atom. The standard InChI is InChI=1S/C9H11NO4/c10-8(11)7-4-2-1-3-6(7)5-9(12,13)14/h1-4,12-14H,5H2,(H2,10,11). The zero-order valence-electron chi connectivity index (χ0n) is 7.34. The zero-order valence-corrected chi connectivity index (χ0v) is 7.34. The van der Waals surface area contributed by atoms with Crippen LogP contribution in [0.1, 0.15) is 15.9 Å². The van der Waals surface area contributed by atoms with Gasteiger partial charge in [0.2, 0.25) is 5.91 Å². The Balaban J connectivity index is 3.02. The summed E-state index contributed by atoms with van der Waals surface area (Å²) in [7, 11) is 0. The summed E-state index contributed by atoms with van der Waals surface area (Å²) in [6, 6.07) is 6.13. The molecule has 0 aliphatic carbocycles. The smallest absolute Gasteiger partial charge is 0.279 e. The Morgan fingerprint density at radius 2 is 1.86 bits per heavy atom. The van der Waals surface area contributed by atoms with E-state index in [0.29, 0.717) is 0 Å². The highest BCUT2D eigenvalue weighted by Crippen LogP contribution is 2.13. The molecule has 5 heteroatoms. The minimum Gasteiger partial charge on any atom is -0.366 e. The maximum absolute atomic E-state index is 10.9. The number of rotatable bonds is 3. The van der Waals surface area contributed by atoms with Crippen molar-refractivity contribution in [1.82, 2.24) is 0 Å². The van der Waals surface area contributed by atoms with Gasteiger partial charge in [0.15, 0.2) is 0 Å². The number of hydrogen-bond acceptors (Lipinski definition) is 4. The van der Waals surface area contributed by atoms with Gasteiger partial charge >= 0.3 is 0 Å². The van der Waals surface area contributed by atoms with E-state index in [1.807, 2.05) is 0 Å². The van der Waals surface area contributed by atoms with E-state index in [2.05, 4.69) is 0 Å². The molecule has 0 fully saturated rings. The molecule has 0 aliphatic rings. The van der Waals surface area contributed by atoms with Crippen molar-refractivity contribution in [1.29, 1.82) is 0 Å². The molecule has 76 valence electrons. The minimum atomic E-state index is -2.83. The number of aliphatic hydroxyl groups is 3. The lowest BCUT2D eigenvalue weighted by Gasteiger charge is -2.15. The van der Waals surface area contributed by atoms with Gasteiger partial charge in [0, 0.05) is 5.56 Å². The summed E-state index contributed by atoms with van der Waals surface area (Å²) in [6.45, 7) is 0. The Morgan fingerprint density at radius 1 is 1.29 bits per heavy atom. The maximum Gasteiger partial charge on any atom is 0.279 e. The summed E-state index contributed by atoms with van der Waals surface area (Å²) < 4.78 is 0. The summed E-state index contributed by atoms with van der Waals surface area (Å²) in [5.41, 5.74) is 5.50. The lowest BCUT2D eigenvalue weighted by Crippen LogP contribution is -2.31. The summed E-state index contributed by atoms with van der Waals surface area (Å²) in [4.78, 5) is 10.9. The number of carbonyl (C=O) groups excluding carboxylic acids is 1. The Labute approximate surface area is 80.4 Å². The molecule has 0 bridgehead atoms. The molecule has 0 aliphatic heterocycles. The number of amides is 1. The predicted octanol–water partition coefficient (Wildman–Crippen LogP) is -1.04. The van der Waals surface area contributed by atoms with Crippen LogP contribution in [0.3, 0.4) is 0 Å². The fourth-order valence-electron chi connectivity index (χ4n) is 1.17. The van der Waals surface area contributed by atoms with E-state index >= 15 is 0 Å². The lowest BCUT2D eigenvalue weighted by atomic mass is 10.0. The zero-order chi connectivity index (χ0) is 10.8. The first-order valence-electron chi connectivity index (χ1n) is 3.95. The first-order chi connectivity index (χ1) is 6.40. The molecule has 0 aromatic heterocycles. The number of hydrogen-bond donors (Lipinski definition) is 4. The van der Waals surface area contributed by atoms with E-state index in [1.165, 1.54) is 12.1 Å². The fraction of sp³-hybridized carbons (Fsp3) is 0.222. The van der Waals surface area contributed by atoms with Gasteiger partial charge in [-0.2, -0.15) is 0 Å². The summed E-state index contributed by atoms with van der Waals surface area (Å²) >= 11 is 0. The highest BCUT2D eigenvalue weighted by Gasteiger charge is 2.21. The van der Waals surface area contributed by atoms with Gasteiger partial charge in [0.25, 0.3) is 5.97 Å². The molecule has 5 N–H and O–H groups in total. The van der Waals surface area contributed by atoms with Gasteiger partial charge in [-0.3, -0.25) is 4.79 Å². The largest absolute Gasteiger partial charge is 0.366 e. The summed E-state index contributed by atoms with van der Waals surface area (Å²) in [5.74, 6) is -3.50. The molecular weight excluding hydrogens is 186 g/mol. The summed E-state index contributed by atoms with van der Waals surface area (Å²) in [6.07, 6.45) is -0.466. The van der Waals surface area contributed by atoms with Gasteiger partial charge in [-0.25, -0.2) is 0 Å². The van der Waals surface area contributed by atoms with Crippen molar-refractivity contribution >= 4 is 5.91 Å². The van der Waals surface area contributed by atoms with Crippen LogP contribution in [0.15, 0.2) is 24.3 Å². The molecule has 0 unspecified atom stereocenters. The average molecular weight is 197 g/mol. The van der Waals surface area contributed by atoms with Crippen LogP contribution < -0.4 is 5.73 Å². The highest BCUT2D eigenvalue weighted by atomic mass is 16.7. The molecule has 0 heterocycles. The minimum absolute atomic E-state index is 0.161. The van der Waals surface area contributed by atoms with Crippen LogP contribution in [-0.4, -0.2) is 27.2 Å². The van der Waals surface area contributed by atoms with Crippen molar-refractivity contribution in [2.24, 2.45) is 5.73 Å². The van der Waals surface area contributed by atoms with Crippen LogP contribution in [0, 0.1) is 0 Å². The first kappa shape index (κ1) is 10.6. The van der Waals surface area contributed by atoms with Crippen LogP contribution in [0.4, 0.5) is 0 Å². The normalized spacial score (nSPS) is 11.4. The van der Waals surface area contributed by atoms with E-state index in [9.17, 15) is 4.79 Å². The third kappa shape index (κ3) is 2.81. The number of primary amides is 1. The van der Waals surface area contributed by atoms with Crippen molar-refractivity contribution < 1.29 is 20.1 Å². The van der Waals surface area contributed by atoms with Crippen LogP contribution in [-0.2, 0) is 6.42 Å². The van der Waals surface area contributed by atoms with Crippen molar-refractivity contribution in [3.63, 3.8) is 0 Å². The van der Waals surface area contributed by atoms with Gasteiger partial charge in [-0.05, 0) is 11.6 Å². The van der Waals surface area contributed by atoms with E-state index in [0.717, 1.165) is 0 Å². The van der Waals surface area contributed by atoms with E-state index in [-0.39, 0.29) is 11.1 Å². The van der Waals surface area contributed by atoms with Gasteiger partial charge in [-0.15, -0.1) is 0 Å². The molecule has 1 aromatic rings. The average Bonchev–Trinajstić information content (AvgIpc) is 2.01. The first-order valence-corrected chi connectivity index (χ1v) is 3.95. The number of carbonyl (C=O) groups is 1. The molecule has 1 amide bonds. The van der Waals surface area contributed by atoms with Crippen molar-refractivity contribution in [3.8, 4) is 0 Å². The number of benzene rings is 1. The van der Waals surface area contributed by atoms with Crippen LogP contribution in [0.25, 0.3) is 0 Å². The van der Waals surface area contributed by atoms with Crippen molar-refractivity contribution in [2.45, 2.75) is 12.4 Å². The quantitative estimate of drug-likeness (QED) is 0.464. The molecule has 14 heavy (non-hydrogen) atoms. The van der Waals surface area contributed by atoms with Crippen LogP contribution in [0.5, 0.6) is 0 Å². The van der Waals surface area contributed by atoms with Gasteiger partial charge < -0.3 is 21.1 Å². The molecule has 1 rings (SSSR count). The lowest BCUT2D eigenvalue weighted by molar-refractivity contribution is -0.309. The van der Waals surface area contributed by atoms with E-state index in [4.69, 9.17) is 21.1 Å². The second-order valence-electron chi connectivity index (χ2n) is 2.97. The van der Waals surface area contributed by atoms with Gasteiger partial charge in [0.05, 0.1) is 6.42 Å². The Bertz CT molecular complexity index is 343. The molecule has 0 spiro atoms. The van der Waals surface area contributed by atoms with Crippen LogP contribution >= 0.6 is 0 Å². The predicted molar refractivity (Wildman–Crippen MR) is 48.1 cm³/mol. The second-order valence-corrected chi connectivity index (χ2v) is 2.97. The molecule has 0 saturated carbocycles. The molecule has 5 nitrogen and oxygen atoms in total. The van der Waals surface area contributed by atoms with Gasteiger partial charge in [0.1, 0.15) is 0 Å². The van der Waals surface area contributed by atoms with Crippen molar-refractivity contribution in [2.75, 3.05) is 0 Å². The monoisotopic (exact) mass is 197 g/mol. The topological polar surface area (TPSA) is 104 Å². The maximum atomic E-state index is 10.9. The molecule has 0 atom stereocenters. The van der Waals surface area contributed by atoms with E-state index in [1.54, 1.807) is 12.1 Å². The number of nitrogens with two attached hydrogens (primary N) is 1. The molecule has 1 aromatic carbocycles. The van der Waals surface area contributed by atoms with E-state index < -0.39 is 18.3 Å². The molecule has 0 saturated heterocycles. The Kier molecular flexibility index (Phi) is 2.85. The third-order valence-corrected chi connectivity index (χ3v) is 1.71. The highest BCUT2D eigenvalue weighted by molar-refractivity contribution is 5.94. The second kappa shape index (κ2) is 3.75. The van der Waals surface area contributed by atoms with Crippen LogP contribution in [0.2, 0.25) is 0 Å². The SMILES string of the molecule is NC(=O)c1ccccc1CC(O)(O)O. The van der Waals surface area contributed by atoms with Crippen molar-refractivity contribution in [3.05, 3.63) is 35.4 Å².